The van der Waals surface area contributed by atoms with E-state index in [4.69, 9.17) is 4.74 Å². The van der Waals surface area contributed by atoms with Crippen molar-refractivity contribution in [1.82, 2.24) is 0 Å². The van der Waals surface area contributed by atoms with E-state index in [1.165, 1.54) is 17.7 Å². The van der Waals surface area contributed by atoms with Crippen LogP contribution in [0.25, 0.3) is 0 Å². The standard InChI is InChI=1S/C18H20O3S/c1-4-22(19,20)18-7-5-6-17(12-18)21-13-15-8-10-16(11-9-15)14(2)3/h4-12,14H,1,13H2,2-3H3. The Hall–Kier alpha value is -2.07. The van der Waals surface area contributed by atoms with Gasteiger partial charge in [-0.05, 0) is 35.2 Å². The van der Waals surface area contributed by atoms with Gasteiger partial charge in [-0.25, -0.2) is 8.42 Å². The van der Waals surface area contributed by atoms with Crippen LogP contribution < -0.4 is 4.74 Å². The molecule has 0 bridgehead atoms. The molecule has 0 heterocycles. The molecular weight excluding hydrogens is 296 g/mol. The molecule has 3 nitrogen and oxygen atoms in total. The lowest BCUT2D eigenvalue weighted by Crippen LogP contribution is -1.99. The number of ether oxygens (including phenoxy) is 1. The first kappa shape index (κ1) is 16.3. The fraction of sp³-hybridized carbons (Fsp3) is 0.222. The smallest absolute Gasteiger partial charge is 0.199 e. The van der Waals surface area contributed by atoms with Gasteiger partial charge in [0.05, 0.1) is 4.90 Å². The van der Waals surface area contributed by atoms with Gasteiger partial charge >= 0.3 is 0 Å². The lowest BCUT2D eigenvalue weighted by molar-refractivity contribution is 0.305. The van der Waals surface area contributed by atoms with Gasteiger partial charge in [0.25, 0.3) is 0 Å². The highest BCUT2D eigenvalue weighted by Gasteiger charge is 2.10. The van der Waals surface area contributed by atoms with E-state index in [0.717, 1.165) is 11.0 Å². The van der Waals surface area contributed by atoms with Gasteiger partial charge in [-0.1, -0.05) is 50.8 Å². The Morgan fingerprint density at radius 2 is 1.82 bits per heavy atom. The Labute approximate surface area is 132 Å². The summed E-state index contributed by atoms with van der Waals surface area (Å²) in [6.07, 6.45) is 0. The molecule has 0 saturated heterocycles. The second kappa shape index (κ2) is 6.79. The van der Waals surface area contributed by atoms with Gasteiger partial charge in [-0.3, -0.25) is 0 Å². The summed E-state index contributed by atoms with van der Waals surface area (Å²) in [4.78, 5) is 0.190. The molecule has 2 aromatic carbocycles. The van der Waals surface area contributed by atoms with Gasteiger partial charge < -0.3 is 4.74 Å². The van der Waals surface area contributed by atoms with Gasteiger partial charge in [0.2, 0.25) is 0 Å². The van der Waals surface area contributed by atoms with E-state index in [-0.39, 0.29) is 4.90 Å². The zero-order valence-corrected chi connectivity index (χ0v) is 13.6. The summed E-state index contributed by atoms with van der Waals surface area (Å²) in [5, 5.41) is 0.941. The van der Waals surface area contributed by atoms with E-state index in [0.29, 0.717) is 18.3 Å². The molecule has 0 amide bonds. The van der Waals surface area contributed by atoms with Crippen LogP contribution in [0.15, 0.2) is 65.4 Å². The Morgan fingerprint density at radius 1 is 1.14 bits per heavy atom. The summed E-state index contributed by atoms with van der Waals surface area (Å²) in [6.45, 7) is 8.02. The van der Waals surface area contributed by atoms with Crippen LogP contribution in [0.3, 0.4) is 0 Å². The summed E-state index contributed by atoms with van der Waals surface area (Å²) in [5.41, 5.74) is 2.32. The van der Waals surface area contributed by atoms with Crippen LogP contribution in [0.2, 0.25) is 0 Å². The summed E-state index contributed by atoms with van der Waals surface area (Å²) in [5.74, 6) is 1.02. The second-order valence-corrected chi connectivity index (χ2v) is 7.27. The summed E-state index contributed by atoms with van der Waals surface area (Å²) in [7, 11) is -3.43. The first-order valence-corrected chi connectivity index (χ1v) is 8.66. The Bertz CT molecular complexity index is 744. The summed E-state index contributed by atoms with van der Waals surface area (Å²) < 4.78 is 29.2. The molecule has 0 aliphatic rings. The van der Waals surface area contributed by atoms with Crippen molar-refractivity contribution in [3.63, 3.8) is 0 Å². The second-order valence-electron chi connectivity index (χ2n) is 5.37. The Kier molecular flexibility index (Phi) is 5.03. The van der Waals surface area contributed by atoms with Gasteiger partial charge in [0, 0.05) is 5.41 Å². The van der Waals surface area contributed by atoms with E-state index in [2.05, 4.69) is 32.6 Å². The molecule has 2 rings (SSSR count). The zero-order valence-electron chi connectivity index (χ0n) is 12.8. The third kappa shape index (κ3) is 3.98. The predicted octanol–water partition coefficient (Wildman–Crippen LogP) is 4.31. The molecule has 0 fully saturated rings. The van der Waals surface area contributed by atoms with E-state index in [9.17, 15) is 8.42 Å². The molecule has 0 aliphatic heterocycles. The van der Waals surface area contributed by atoms with Crippen molar-refractivity contribution in [1.29, 1.82) is 0 Å². The number of hydrogen-bond acceptors (Lipinski definition) is 3. The molecule has 22 heavy (non-hydrogen) atoms. The topological polar surface area (TPSA) is 43.4 Å². The van der Waals surface area contributed by atoms with E-state index in [1.54, 1.807) is 12.1 Å². The van der Waals surface area contributed by atoms with E-state index in [1.807, 2.05) is 12.1 Å². The molecule has 2 aromatic rings. The van der Waals surface area contributed by atoms with Crippen LogP contribution in [0, 0.1) is 0 Å². The van der Waals surface area contributed by atoms with Crippen molar-refractivity contribution >= 4 is 9.84 Å². The zero-order chi connectivity index (χ0) is 16.2. The lowest BCUT2D eigenvalue weighted by atomic mass is 10.0. The average molecular weight is 316 g/mol. The number of rotatable bonds is 6. The number of benzene rings is 2. The van der Waals surface area contributed by atoms with Crippen LogP contribution in [-0.4, -0.2) is 8.42 Å². The first-order chi connectivity index (χ1) is 10.4. The molecule has 0 N–H and O–H groups in total. The maximum absolute atomic E-state index is 11.8. The molecule has 0 atom stereocenters. The molecule has 0 saturated carbocycles. The van der Waals surface area contributed by atoms with Crippen molar-refractivity contribution < 1.29 is 13.2 Å². The highest BCUT2D eigenvalue weighted by atomic mass is 32.2. The quantitative estimate of drug-likeness (QED) is 0.797. The fourth-order valence-corrected chi connectivity index (χ4v) is 2.74. The summed E-state index contributed by atoms with van der Waals surface area (Å²) >= 11 is 0. The van der Waals surface area contributed by atoms with Crippen LogP contribution in [0.5, 0.6) is 5.75 Å². The van der Waals surface area contributed by atoms with Gasteiger partial charge in [0.1, 0.15) is 12.4 Å². The van der Waals surface area contributed by atoms with Gasteiger partial charge in [0.15, 0.2) is 9.84 Å². The minimum absolute atomic E-state index is 0.190. The van der Waals surface area contributed by atoms with Gasteiger partial charge in [-0.2, -0.15) is 0 Å². The first-order valence-electron chi connectivity index (χ1n) is 7.11. The van der Waals surface area contributed by atoms with Gasteiger partial charge in [-0.15, -0.1) is 0 Å². The monoisotopic (exact) mass is 316 g/mol. The molecule has 4 heteroatoms. The third-order valence-corrected chi connectivity index (χ3v) is 4.76. The maximum atomic E-state index is 11.8. The fourth-order valence-electron chi connectivity index (χ4n) is 2.00. The maximum Gasteiger partial charge on any atom is 0.199 e. The largest absolute Gasteiger partial charge is 0.489 e. The van der Waals surface area contributed by atoms with Crippen molar-refractivity contribution in [2.45, 2.75) is 31.3 Å². The van der Waals surface area contributed by atoms with Crippen molar-refractivity contribution in [3.05, 3.63) is 71.6 Å². The average Bonchev–Trinajstić information content (AvgIpc) is 2.53. The Balaban J connectivity index is 2.09. The van der Waals surface area contributed by atoms with Crippen LogP contribution in [0.4, 0.5) is 0 Å². The van der Waals surface area contributed by atoms with Crippen molar-refractivity contribution in [3.8, 4) is 5.75 Å². The van der Waals surface area contributed by atoms with Crippen molar-refractivity contribution in [2.75, 3.05) is 0 Å². The Morgan fingerprint density at radius 3 is 2.41 bits per heavy atom. The number of hydrogen-bond donors (Lipinski definition) is 0. The highest BCUT2D eigenvalue weighted by molar-refractivity contribution is 7.94. The SMILES string of the molecule is C=CS(=O)(=O)c1cccc(OCc2ccc(C(C)C)cc2)c1. The van der Waals surface area contributed by atoms with Crippen molar-refractivity contribution in [2.24, 2.45) is 0 Å². The van der Waals surface area contributed by atoms with Crippen LogP contribution in [0.1, 0.15) is 30.9 Å². The lowest BCUT2D eigenvalue weighted by Gasteiger charge is -2.09. The number of sulfone groups is 1. The van der Waals surface area contributed by atoms with Crippen LogP contribution in [-0.2, 0) is 16.4 Å². The van der Waals surface area contributed by atoms with E-state index < -0.39 is 9.84 Å². The highest BCUT2D eigenvalue weighted by Crippen LogP contribution is 2.20. The normalized spacial score (nSPS) is 11.4. The minimum Gasteiger partial charge on any atom is -0.489 e. The molecule has 0 radical (unpaired) electrons. The molecule has 0 unspecified atom stereocenters. The third-order valence-electron chi connectivity index (χ3n) is 3.41. The predicted molar refractivity (Wildman–Crippen MR) is 88.7 cm³/mol. The molecule has 0 aliphatic carbocycles. The summed E-state index contributed by atoms with van der Waals surface area (Å²) in [6, 6.07) is 14.7. The van der Waals surface area contributed by atoms with Crippen LogP contribution >= 0.6 is 0 Å². The van der Waals surface area contributed by atoms with E-state index >= 15 is 0 Å². The molecule has 0 spiro atoms. The molecule has 116 valence electrons. The molecular formula is C18H20O3S. The minimum atomic E-state index is -3.43. The molecule has 0 aromatic heterocycles.